The second kappa shape index (κ2) is 7.01. The molecule has 1 aromatic carbocycles. The number of aromatic nitrogens is 1. The molecule has 1 amide bonds. The fourth-order valence-corrected chi connectivity index (χ4v) is 2.25. The first-order valence-electron chi connectivity index (χ1n) is 7.11. The number of carbonyl (C=O) groups excluding carboxylic acids is 1. The van der Waals surface area contributed by atoms with Gasteiger partial charge in [0.05, 0.1) is 11.1 Å². The molecule has 1 heterocycles. The van der Waals surface area contributed by atoms with Crippen LogP contribution >= 0.6 is 0 Å². The largest absolute Gasteiger partial charge is 0.348 e. The van der Waals surface area contributed by atoms with Crippen LogP contribution in [0.2, 0.25) is 0 Å². The van der Waals surface area contributed by atoms with Crippen molar-refractivity contribution >= 4 is 16.8 Å². The third kappa shape index (κ3) is 3.33. The van der Waals surface area contributed by atoms with E-state index in [0.717, 1.165) is 30.2 Å². The Morgan fingerprint density at radius 2 is 2.15 bits per heavy atom. The molecule has 2 rings (SSSR count). The molecular weight excluding hydrogens is 250 g/mol. The van der Waals surface area contributed by atoms with E-state index in [1.165, 1.54) is 0 Å². The molecule has 0 saturated heterocycles. The molecule has 106 valence electrons. The number of unbranched alkanes of at least 4 members (excludes halogenated alkanes) is 1. The van der Waals surface area contributed by atoms with E-state index in [-0.39, 0.29) is 11.9 Å². The second-order valence-electron chi connectivity index (χ2n) is 4.93. The van der Waals surface area contributed by atoms with Gasteiger partial charge in [0.1, 0.15) is 0 Å². The van der Waals surface area contributed by atoms with Crippen molar-refractivity contribution in [1.29, 1.82) is 0 Å². The summed E-state index contributed by atoms with van der Waals surface area (Å²) in [6.07, 6.45) is 4.78. The van der Waals surface area contributed by atoms with Gasteiger partial charge in [0, 0.05) is 24.2 Å². The van der Waals surface area contributed by atoms with Gasteiger partial charge in [-0.25, -0.2) is 0 Å². The molecule has 1 atom stereocenters. The summed E-state index contributed by atoms with van der Waals surface area (Å²) < 4.78 is 0. The number of nitrogens with zero attached hydrogens (tertiary/aromatic N) is 1. The van der Waals surface area contributed by atoms with Crippen molar-refractivity contribution in [3.05, 3.63) is 42.1 Å². The zero-order chi connectivity index (χ0) is 14.4. The first-order chi connectivity index (χ1) is 9.76. The lowest BCUT2D eigenvalue weighted by atomic mass is 10.1. The average Bonchev–Trinajstić information content (AvgIpc) is 2.50. The molecule has 4 nitrogen and oxygen atoms in total. The summed E-state index contributed by atoms with van der Waals surface area (Å²) in [4.78, 5) is 16.7. The van der Waals surface area contributed by atoms with Crippen LogP contribution in [0.4, 0.5) is 0 Å². The number of benzene rings is 1. The van der Waals surface area contributed by atoms with Crippen molar-refractivity contribution < 1.29 is 4.79 Å². The molecule has 0 fully saturated rings. The highest BCUT2D eigenvalue weighted by molar-refractivity contribution is 6.05. The number of hydrogen-bond acceptors (Lipinski definition) is 3. The maximum absolute atomic E-state index is 12.4. The maximum Gasteiger partial charge on any atom is 0.253 e. The van der Waals surface area contributed by atoms with Crippen molar-refractivity contribution in [3.8, 4) is 0 Å². The third-order valence-corrected chi connectivity index (χ3v) is 3.40. The SMILES string of the molecule is CCCCC(CN)NC(=O)c1cccc2cccnc12. The highest BCUT2D eigenvalue weighted by Gasteiger charge is 2.14. The van der Waals surface area contributed by atoms with Crippen molar-refractivity contribution in [2.45, 2.75) is 32.2 Å². The molecule has 0 bridgehead atoms. The Kier molecular flexibility index (Phi) is 5.07. The predicted octanol–water partition coefficient (Wildman–Crippen LogP) is 2.48. The molecule has 4 heteroatoms. The minimum absolute atomic E-state index is 0.0291. The van der Waals surface area contributed by atoms with Crippen molar-refractivity contribution in [2.24, 2.45) is 5.73 Å². The van der Waals surface area contributed by atoms with Gasteiger partial charge >= 0.3 is 0 Å². The summed E-state index contributed by atoms with van der Waals surface area (Å²) in [7, 11) is 0. The van der Waals surface area contributed by atoms with Crippen LogP contribution in [0.5, 0.6) is 0 Å². The molecule has 20 heavy (non-hydrogen) atoms. The summed E-state index contributed by atoms with van der Waals surface area (Å²) in [5.41, 5.74) is 7.07. The van der Waals surface area contributed by atoms with Crippen LogP contribution in [-0.2, 0) is 0 Å². The number of nitrogens with two attached hydrogens (primary N) is 1. The third-order valence-electron chi connectivity index (χ3n) is 3.40. The van der Waals surface area contributed by atoms with E-state index in [2.05, 4.69) is 17.2 Å². The molecule has 1 aromatic heterocycles. The van der Waals surface area contributed by atoms with E-state index in [1.807, 2.05) is 24.3 Å². The maximum atomic E-state index is 12.4. The highest BCUT2D eigenvalue weighted by atomic mass is 16.1. The number of para-hydroxylation sites is 1. The number of carbonyl (C=O) groups is 1. The lowest BCUT2D eigenvalue weighted by Crippen LogP contribution is -2.40. The lowest BCUT2D eigenvalue weighted by Gasteiger charge is -2.17. The van der Waals surface area contributed by atoms with E-state index in [9.17, 15) is 4.79 Å². The van der Waals surface area contributed by atoms with E-state index < -0.39 is 0 Å². The van der Waals surface area contributed by atoms with Gasteiger partial charge in [-0.15, -0.1) is 0 Å². The zero-order valence-electron chi connectivity index (χ0n) is 11.8. The van der Waals surface area contributed by atoms with Crippen LogP contribution in [0.15, 0.2) is 36.5 Å². The van der Waals surface area contributed by atoms with Gasteiger partial charge in [-0.05, 0) is 18.6 Å². The van der Waals surface area contributed by atoms with Gasteiger partial charge in [-0.2, -0.15) is 0 Å². The molecule has 3 N–H and O–H groups in total. The van der Waals surface area contributed by atoms with Gasteiger partial charge in [0.15, 0.2) is 0 Å². The van der Waals surface area contributed by atoms with Gasteiger partial charge in [-0.1, -0.05) is 38.0 Å². The van der Waals surface area contributed by atoms with Crippen LogP contribution in [0.1, 0.15) is 36.5 Å². The topological polar surface area (TPSA) is 68.0 Å². The van der Waals surface area contributed by atoms with Crippen LogP contribution in [0.3, 0.4) is 0 Å². The minimum atomic E-state index is -0.0964. The predicted molar refractivity (Wildman–Crippen MR) is 81.6 cm³/mol. The quantitative estimate of drug-likeness (QED) is 0.848. The van der Waals surface area contributed by atoms with Crippen LogP contribution in [-0.4, -0.2) is 23.5 Å². The van der Waals surface area contributed by atoms with Gasteiger partial charge < -0.3 is 11.1 Å². The molecule has 0 aliphatic carbocycles. The average molecular weight is 271 g/mol. The van der Waals surface area contributed by atoms with Gasteiger partial charge in [-0.3, -0.25) is 9.78 Å². The molecule has 0 aliphatic heterocycles. The summed E-state index contributed by atoms with van der Waals surface area (Å²) in [5, 5.41) is 3.98. The van der Waals surface area contributed by atoms with E-state index >= 15 is 0 Å². The highest BCUT2D eigenvalue weighted by Crippen LogP contribution is 2.16. The first kappa shape index (κ1) is 14.5. The Bertz CT molecular complexity index is 577. The van der Waals surface area contributed by atoms with Crippen molar-refractivity contribution in [1.82, 2.24) is 10.3 Å². The van der Waals surface area contributed by atoms with Gasteiger partial charge in [0.2, 0.25) is 0 Å². The van der Waals surface area contributed by atoms with Crippen molar-refractivity contribution in [2.75, 3.05) is 6.54 Å². The van der Waals surface area contributed by atoms with E-state index in [0.29, 0.717) is 12.1 Å². The molecule has 1 unspecified atom stereocenters. The van der Waals surface area contributed by atoms with Crippen LogP contribution in [0, 0.1) is 0 Å². The molecule has 0 saturated carbocycles. The summed E-state index contributed by atoms with van der Waals surface area (Å²) in [6.45, 7) is 2.59. The summed E-state index contributed by atoms with van der Waals surface area (Å²) in [5.74, 6) is -0.0964. The number of amides is 1. The Morgan fingerprint density at radius 3 is 2.90 bits per heavy atom. The Hall–Kier alpha value is -1.94. The molecular formula is C16H21N3O. The zero-order valence-corrected chi connectivity index (χ0v) is 11.8. The second-order valence-corrected chi connectivity index (χ2v) is 4.93. The molecule has 0 aliphatic rings. The number of nitrogens with one attached hydrogen (secondary N) is 1. The Morgan fingerprint density at radius 1 is 1.35 bits per heavy atom. The Balaban J connectivity index is 2.18. The van der Waals surface area contributed by atoms with Gasteiger partial charge in [0.25, 0.3) is 5.91 Å². The molecule has 0 radical (unpaired) electrons. The molecule has 0 spiro atoms. The van der Waals surface area contributed by atoms with E-state index in [1.54, 1.807) is 12.3 Å². The normalized spacial score (nSPS) is 12.3. The number of pyridine rings is 1. The number of rotatable bonds is 6. The number of hydrogen-bond donors (Lipinski definition) is 2. The monoisotopic (exact) mass is 271 g/mol. The lowest BCUT2D eigenvalue weighted by molar-refractivity contribution is 0.0937. The van der Waals surface area contributed by atoms with Crippen molar-refractivity contribution in [3.63, 3.8) is 0 Å². The molecule has 2 aromatic rings. The van der Waals surface area contributed by atoms with Crippen LogP contribution in [0.25, 0.3) is 10.9 Å². The smallest absolute Gasteiger partial charge is 0.253 e. The van der Waals surface area contributed by atoms with E-state index in [4.69, 9.17) is 5.73 Å². The summed E-state index contributed by atoms with van der Waals surface area (Å²) in [6, 6.07) is 9.49. The Labute approximate surface area is 119 Å². The minimum Gasteiger partial charge on any atom is -0.348 e. The summed E-state index contributed by atoms with van der Waals surface area (Å²) >= 11 is 0. The fourth-order valence-electron chi connectivity index (χ4n) is 2.25. The fraction of sp³-hybridized carbons (Fsp3) is 0.375. The first-order valence-corrected chi connectivity index (χ1v) is 7.11. The van der Waals surface area contributed by atoms with Crippen LogP contribution < -0.4 is 11.1 Å². The standard InChI is InChI=1S/C16H21N3O/c1-2-3-8-13(11-17)19-16(20)14-9-4-6-12-7-5-10-18-15(12)14/h4-7,9-10,13H,2-3,8,11,17H2,1H3,(H,19,20). The number of fused-ring (bicyclic) bond motifs is 1.